The summed E-state index contributed by atoms with van der Waals surface area (Å²) in [6.07, 6.45) is 1.16. The summed E-state index contributed by atoms with van der Waals surface area (Å²) in [5, 5.41) is 11.0. The first-order valence-corrected chi connectivity index (χ1v) is 3.91. The fourth-order valence-corrected chi connectivity index (χ4v) is 0.908. The lowest BCUT2D eigenvalue weighted by Gasteiger charge is -2.05. The SMILES string of the molecule is COC(=O)CNC(=O)C1(C#N)CC1. The Balaban J connectivity index is 2.35. The largest absolute Gasteiger partial charge is 0.468 e. The van der Waals surface area contributed by atoms with Crippen LogP contribution in [0.5, 0.6) is 0 Å². The van der Waals surface area contributed by atoms with Gasteiger partial charge in [-0.3, -0.25) is 9.59 Å². The molecule has 0 heterocycles. The minimum Gasteiger partial charge on any atom is -0.468 e. The molecular formula is C8H10N2O3. The molecule has 5 nitrogen and oxygen atoms in total. The number of amides is 1. The fraction of sp³-hybridized carbons (Fsp3) is 0.625. The van der Waals surface area contributed by atoms with E-state index < -0.39 is 11.4 Å². The van der Waals surface area contributed by atoms with Gasteiger partial charge in [0.2, 0.25) is 5.91 Å². The molecule has 1 N–H and O–H groups in total. The number of esters is 1. The monoisotopic (exact) mass is 182 g/mol. The molecule has 0 aromatic heterocycles. The zero-order valence-electron chi connectivity index (χ0n) is 7.29. The number of nitrogens with one attached hydrogen (secondary N) is 1. The smallest absolute Gasteiger partial charge is 0.325 e. The van der Waals surface area contributed by atoms with E-state index >= 15 is 0 Å². The van der Waals surface area contributed by atoms with E-state index in [1.54, 1.807) is 0 Å². The third-order valence-corrected chi connectivity index (χ3v) is 2.02. The molecule has 1 aliphatic rings. The van der Waals surface area contributed by atoms with Gasteiger partial charge in [-0.05, 0) is 12.8 Å². The van der Waals surface area contributed by atoms with Crippen LogP contribution in [-0.2, 0) is 14.3 Å². The summed E-state index contributed by atoms with van der Waals surface area (Å²) in [6, 6.07) is 1.93. The Hall–Kier alpha value is -1.57. The van der Waals surface area contributed by atoms with Crippen molar-refractivity contribution in [2.45, 2.75) is 12.8 Å². The highest BCUT2D eigenvalue weighted by Gasteiger charge is 2.50. The van der Waals surface area contributed by atoms with E-state index in [1.165, 1.54) is 7.11 Å². The van der Waals surface area contributed by atoms with Gasteiger partial charge in [0.05, 0.1) is 13.2 Å². The van der Waals surface area contributed by atoms with Crippen molar-refractivity contribution < 1.29 is 14.3 Å². The van der Waals surface area contributed by atoms with Gasteiger partial charge in [-0.25, -0.2) is 0 Å². The van der Waals surface area contributed by atoms with E-state index in [4.69, 9.17) is 5.26 Å². The second-order valence-electron chi connectivity index (χ2n) is 2.95. The number of carbonyl (C=O) groups is 2. The minimum atomic E-state index is -0.867. The van der Waals surface area contributed by atoms with E-state index in [1.807, 2.05) is 6.07 Å². The van der Waals surface area contributed by atoms with Gasteiger partial charge in [0, 0.05) is 0 Å². The number of rotatable bonds is 3. The second kappa shape index (κ2) is 3.44. The van der Waals surface area contributed by atoms with E-state index in [-0.39, 0.29) is 12.5 Å². The Labute approximate surface area is 75.7 Å². The molecule has 0 spiro atoms. The Kier molecular flexibility index (Phi) is 2.52. The Morgan fingerprint density at radius 1 is 1.62 bits per heavy atom. The number of carbonyl (C=O) groups excluding carboxylic acids is 2. The number of nitrogens with zero attached hydrogens (tertiary/aromatic N) is 1. The maximum absolute atomic E-state index is 11.2. The van der Waals surface area contributed by atoms with Gasteiger partial charge in [0.15, 0.2) is 0 Å². The Morgan fingerprint density at radius 2 is 2.23 bits per heavy atom. The Morgan fingerprint density at radius 3 is 2.62 bits per heavy atom. The highest BCUT2D eigenvalue weighted by atomic mass is 16.5. The lowest BCUT2D eigenvalue weighted by atomic mass is 10.1. The van der Waals surface area contributed by atoms with Crippen LogP contribution in [0.4, 0.5) is 0 Å². The quantitative estimate of drug-likeness (QED) is 0.601. The molecule has 0 atom stereocenters. The maximum atomic E-state index is 11.2. The molecule has 1 aliphatic carbocycles. The molecule has 1 saturated carbocycles. The summed E-state index contributed by atoms with van der Waals surface area (Å²) in [6.45, 7) is -0.168. The number of hydrogen-bond donors (Lipinski definition) is 1. The van der Waals surface area contributed by atoms with Crippen molar-refractivity contribution in [3.8, 4) is 6.07 Å². The summed E-state index contributed by atoms with van der Waals surface area (Å²) in [5.74, 6) is -0.887. The van der Waals surface area contributed by atoms with Gasteiger partial charge in [0.25, 0.3) is 0 Å². The molecule has 0 saturated heterocycles. The van der Waals surface area contributed by atoms with E-state index in [9.17, 15) is 9.59 Å². The topological polar surface area (TPSA) is 79.2 Å². The normalized spacial score (nSPS) is 16.9. The molecule has 0 aromatic rings. The predicted octanol–water partition coefficient (Wildman–Crippen LogP) is -0.421. The average molecular weight is 182 g/mol. The van der Waals surface area contributed by atoms with Crippen LogP contribution in [0.1, 0.15) is 12.8 Å². The van der Waals surface area contributed by atoms with Gasteiger partial charge in [-0.2, -0.15) is 5.26 Å². The van der Waals surface area contributed by atoms with Gasteiger partial charge in [0.1, 0.15) is 12.0 Å². The van der Waals surface area contributed by atoms with Crippen molar-refractivity contribution >= 4 is 11.9 Å². The molecule has 1 fully saturated rings. The van der Waals surface area contributed by atoms with Crippen LogP contribution >= 0.6 is 0 Å². The van der Waals surface area contributed by atoms with Gasteiger partial charge in [-0.1, -0.05) is 0 Å². The second-order valence-corrected chi connectivity index (χ2v) is 2.95. The van der Waals surface area contributed by atoms with Gasteiger partial charge in [-0.15, -0.1) is 0 Å². The van der Waals surface area contributed by atoms with Crippen LogP contribution in [-0.4, -0.2) is 25.5 Å². The Bertz CT molecular complexity index is 276. The molecule has 0 unspecified atom stereocenters. The van der Waals surface area contributed by atoms with E-state index in [0.29, 0.717) is 12.8 Å². The molecule has 70 valence electrons. The minimum absolute atomic E-state index is 0.168. The summed E-state index contributed by atoms with van der Waals surface area (Å²) in [7, 11) is 1.24. The van der Waals surface area contributed by atoms with Crippen molar-refractivity contribution in [2.24, 2.45) is 5.41 Å². The highest BCUT2D eigenvalue weighted by molar-refractivity contribution is 5.90. The first-order chi connectivity index (χ1) is 6.14. The van der Waals surface area contributed by atoms with Crippen molar-refractivity contribution in [1.29, 1.82) is 5.26 Å². The zero-order chi connectivity index (χ0) is 9.90. The number of nitriles is 1. The van der Waals surface area contributed by atoms with Crippen molar-refractivity contribution in [1.82, 2.24) is 5.32 Å². The number of ether oxygens (including phenoxy) is 1. The summed E-state index contributed by atoms with van der Waals surface area (Å²) in [5.41, 5.74) is -0.867. The standard InChI is InChI=1S/C8H10N2O3/c1-13-6(11)4-10-7(12)8(5-9)2-3-8/h2-4H2,1H3,(H,10,12). The highest BCUT2D eigenvalue weighted by Crippen LogP contribution is 2.44. The molecule has 5 heteroatoms. The predicted molar refractivity (Wildman–Crippen MR) is 42.3 cm³/mol. The first-order valence-electron chi connectivity index (χ1n) is 3.91. The van der Waals surface area contributed by atoms with E-state index in [2.05, 4.69) is 10.1 Å². The molecule has 13 heavy (non-hydrogen) atoms. The third kappa shape index (κ3) is 1.96. The summed E-state index contributed by atoms with van der Waals surface area (Å²) < 4.78 is 4.33. The molecule has 0 aliphatic heterocycles. The van der Waals surface area contributed by atoms with Crippen LogP contribution < -0.4 is 5.32 Å². The molecule has 0 radical (unpaired) electrons. The molecule has 0 bridgehead atoms. The maximum Gasteiger partial charge on any atom is 0.325 e. The first kappa shape index (κ1) is 9.52. The zero-order valence-corrected chi connectivity index (χ0v) is 7.29. The van der Waals surface area contributed by atoms with Crippen LogP contribution in [0.25, 0.3) is 0 Å². The van der Waals surface area contributed by atoms with Crippen molar-refractivity contribution in [3.05, 3.63) is 0 Å². The number of hydrogen-bond acceptors (Lipinski definition) is 4. The molecular weight excluding hydrogens is 172 g/mol. The van der Waals surface area contributed by atoms with E-state index in [0.717, 1.165) is 0 Å². The van der Waals surface area contributed by atoms with Crippen LogP contribution in [0.2, 0.25) is 0 Å². The van der Waals surface area contributed by atoms with Crippen molar-refractivity contribution in [2.75, 3.05) is 13.7 Å². The fourth-order valence-electron chi connectivity index (χ4n) is 0.908. The number of methoxy groups -OCH3 is 1. The lowest BCUT2D eigenvalue weighted by molar-refractivity contribution is -0.141. The summed E-state index contributed by atoms with van der Waals surface area (Å²) in [4.78, 5) is 21.9. The molecule has 0 aromatic carbocycles. The van der Waals surface area contributed by atoms with Crippen LogP contribution in [0.3, 0.4) is 0 Å². The average Bonchev–Trinajstić information content (AvgIpc) is 2.94. The molecule has 1 amide bonds. The van der Waals surface area contributed by atoms with Crippen molar-refractivity contribution in [3.63, 3.8) is 0 Å². The van der Waals surface area contributed by atoms with Crippen LogP contribution in [0.15, 0.2) is 0 Å². The summed E-state index contributed by atoms with van der Waals surface area (Å²) >= 11 is 0. The van der Waals surface area contributed by atoms with Gasteiger partial charge >= 0.3 is 5.97 Å². The van der Waals surface area contributed by atoms with Crippen LogP contribution in [0, 0.1) is 16.7 Å². The third-order valence-electron chi connectivity index (χ3n) is 2.02. The van der Waals surface area contributed by atoms with Gasteiger partial charge < -0.3 is 10.1 Å². The molecule has 1 rings (SSSR count). The lowest BCUT2D eigenvalue weighted by Crippen LogP contribution is -2.35.